The molecule has 5 nitrogen and oxygen atoms in total. The van der Waals surface area contributed by atoms with Gasteiger partial charge >= 0.3 is 12.0 Å². The molecule has 0 aliphatic rings. The third-order valence-corrected chi connectivity index (χ3v) is 3.97. The maximum Gasteiger partial charge on any atom is 0.317 e. The summed E-state index contributed by atoms with van der Waals surface area (Å²) < 4.78 is 14.1. The van der Waals surface area contributed by atoms with Crippen LogP contribution in [0, 0.1) is 11.7 Å². The molecule has 1 atom stereocenters. The molecule has 0 aliphatic carbocycles. The molecule has 23 heavy (non-hydrogen) atoms. The highest BCUT2D eigenvalue weighted by molar-refractivity contribution is 6.30. The number of hydrogen-bond donors (Lipinski definition) is 2. The lowest BCUT2D eigenvalue weighted by Gasteiger charge is -2.28. The Morgan fingerprint density at radius 3 is 2.61 bits per heavy atom. The second-order valence-electron chi connectivity index (χ2n) is 6.26. The molecule has 0 saturated heterocycles. The molecular formula is C16H22ClFN2O3. The van der Waals surface area contributed by atoms with Crippen LogP contribution in [0.1, 0.15) is 26.3 Å². The van der Waals surface area contributed by atoms with Gasteiger partial charge in [-0.2, -0.15) is 0 Å². The number of carbonyl (C=O) groups is 2. The minimum absolute atomic E-state index is 0.0364. The minimum atomic E-state index is -0.967. The van der Waals surface area contributed by atoms with E-state index in [2.05, 4.69) is 5.32 Å². The first kappa shape index (κ1) is 19.2. The number of carboxylic acids is 1. The molecule has 0 aliphatic heterocycles. The Balaban J connectivity index is 2.70. The van der Waals surface area contributed by atoms with E-state index in [-0.39, 0.29) is 18.1 Å². The van der Waals surface area contributed by atoms with Crippen LogP contribution in [0.5, 0.6) is 0 Å². The first-order valence-electron chi connectivity index (χ1n) is 7.22. The van der Waals surface area contributed by atoms with Gasteiger partial charge in [-0.05, 0) is 11.6 Å². The Hall–Kier alpha value is -1.82. The van der Waals surface area contributed by atoms with E-state index in [1.54, 1.807) is 26.0 Å². The number of hydrogen-bond acceptors (Lipinski definition) is 2. The van der Waals surface area contributed by atoms with Crippen molar-refractivity contribution in [2.24, 2.45) is 5.92 Å². The summed E-state index contributed by atoms with van der Waals surface area (Å²) in [4.78, 5) is 24.1. The van der Waals surface area contributed by atoms with Crippen molar-refractivity contribution in [3.63, 3.8) is 0 Å². The fourth-order valence-electron chi connectivity index (χ4n) is 2.13. The zero-order chi connectivity index (χ0) is 17.8. The molecule has 1 aromatic rings. The van der Waals surface area contributed by atoms with Gasteiger partial charge in [0.15, 0.2) is 0 Å². The number of nitrogens with one attached hydrogen (secondary N) is 1. The van der Waals surface area contributed by atoms with Gasteiger partial charge in [0, 0.05) is 25.6 Å². The lowest BCUT2D eigenvalue weighted by Crippen LogP contribution is -2.45. The second-order valence-corrected chi connectivity index (χ2v) is 6.67. The Morgan fingerprint density at radius 2 is 2.04 bits per heavy atom. The lowest BCUT2D eigenvalue weighted by molar-refractivity contribution is -0.141. The van der Waals surface area contributed by atoms with E-state index in [0.717, 1.165) is 0 Å². The summed E-state index contributed by atoms with van der Waals surface area (Å²) in [5.41, 5.74) is -0.254. The van der Waals surface area contributed by atoms with Gasteiger partial charge in [-0.15, -0.1) is 0 Å². The van der Waals surface area contributed by atoms with E-state index < -0.39 is 29.2 Å². The first-order chi connectivity index (χ1) is 10.6. The summed E-state index contributed by atoms with van der Waals surface area (Å²) in [6.07, 6.45) is 0. The number of urea groups is 1. The number of aliphatic carboxylic acids is 1. The van der Waals surface area contributed by atoms with E-state index in [0.29, 0.717) is 5.56 Å². The van der Waals surface area contributed by atoms with Gasteiger partial charge < -0.3 is 15.3 Å². The fraction of sp³-hybridized carbons (Fsp3) is 0.500. The molecule has 1 rings (SSSR count). The summed E-state index contributed by atoms with van der Waals surface area (Å²) in [7, 11) is 1.52. The number of rotatable bonds is 6. The number of benzene rings is 1. The molecule has 1 aromatic carbocycles. The molecule has 0 radical (unpaired) electrons. The maximum atomic E-state index is 14.1. The highest BCUT2D eigenvalue weighted by Crippen LogP contribution is 2.28. The molecule has 7 heteroatoms. The zero-order valence-electron chi connectivity index (χ0n) is 13.7. The highest BCUT2D eigenvalue weighted by Gasteiger charge is 2.27. The predicted octanol–water partition coefficient (Wildman–Crippen LogP) is 3.12. The number of nitrogens with zero attached hydrogens (tertiary/aromatic N) is 1. The summed E-state index contributed by atoms with van der Waals surface area (Å²) in [6.45, 7) is 5.39. The van der Waals surface area contributed by atoms with Crippen molar-refractivity contribution < 1.29 is 19.1 Å². The number of halogens is 2. The molecule has 2 amide bonds. The minimum Gasteiger partial charge on any atom is -0.481 e. The Kier molecular flexibility index (Phi) is 6.38. The number of amides is 2. The largest absolute Gasteiger partial charge is 0.481 e. The van der Waals surface area contributed by atoms with Crippen molar-refractivity contribution in [2.75, 3.05) is 20.1 Å². The van der Waals surface area contributed by atoms with E-state index in [1.165, 1.54) is 24.9 Å². The molecule has 0 fully saturated rings. The average molecular weight is 345 g/mol. The molecule has 1 unspecified atom stereocenters. The highest BCUT2D eigenvalue weighted by atomic mass is 35.5. The van der Waals surface area contributed by atoms with E-state index in [4.69, 9.17) is 16.7 Å². The van der Waals surface area contributed by atoms with E-state index in [9.17, 15) is 14.0 Å². The summed E-state index contributed by atoms with van der Waals surface area (Å²) in [6, 6.07) is 4.35. The second kappa shape index (κ2) is 7.64. The summed E-state index contributed by atoms with van der Waals surface area (Å²) in [5, 5.41) is 11.6. The molecule has 0 bridgehead atoms. The van der Waals surface area contributed by atoms with Crippen LogP contribution < -0.4 is 5.32 Å². The monoisotopic (exact) mass is 344 g/mol. The lowest BCUT2D eigenvalue weighted by atomic mass is 9.84. The van der Waals surface area contributed by atoms with Crippen LogP contribution in [0.2, 0.25) is 5.02 Å². The van der Waals surface area contributed by atoms with Gasteiger partial charge in [-0.25, -0.2) is 9.18 Å². The molecule has 0 aromatic heterocycles. The van der Waals surface area contributed by atoms with Crippen LogP contribution in [0.15, 0.2) is 18.2 Å². The van der Waals surface area contributed by atoms with Crippen LogP contribution in [-0.4, -0.2) is 42.1 Å². The molecule has 0 saturated carbocycles. The zero-order valence-corrected chi connectivity index (χ0v) is 14.4. The van der Waals surface area contributed by atoms with Crippen molar-refractivity contribution in [1.29, 1.82) is 0 Å². The van der Waals surface area contributed by atoms with Crippen LogP contribution >= 0.6 is 11.6 Å². The van der Waals surface area contributed by atoms with E-state index >= 15 is 0 Å². The predicted molar refractivity (Wildman–Crippen MR) is 87.3 cm³/mol. The van der Waals surface area contributed by atoms with Gasteiger partial charge in [0.2, 0.25) is 0 Å². The third-order valence-electron chi connectivity index (χ3n) is 3.68. The van der Waals surface area contributed by atoms with Crippen LogP contribution in [-0.2, 0) is 10.2 Å². The molecule has 2 N–H and O–H groups in total. The van der Waals surface area contributed by atoms with E-state index in [1.807, 2.05) is 0 Å². The van der Waals surface area contributed by atoms with Crippen molar-refractivity contribution >= 4 is 23.6 Å². The van der Waals surface area contributed by atoms with Gasteiger partial charge in [0.1, 0.15) is 5.82 Å². The standard InChI is InChI=1S/C16H22ClFN2O3/c1-10(14(21)22)8-20(4)15(23)19-9-16(2,3)11-6-5-7-12(17)13(11)18/h5-7,10H,8-9H2,1-4H3,(H,19,23)(H,21,22). The van der Waals surface area contributed by atoms with Crippen molar-refractivity contribution in [3.05, 3.63) is 34.6 Å². The molecule has 0 heterocycles. The van der Waals surface area contributed by atoms with Gasteiger partial charge in [0.05, 0.1) is 10.9 Å². The maximum absolute atomic E-state index is 14.1. The number of carbonyl (C=O) groups excluding carboxylic acids is 1. The molecular weight excluding hydrogens is 323 g/mol. The number of carboxylic acid groups (broad SMARTS) is 1. The smallest absolute Gasteiger partial charge is 0.317 e. The molecule has 0 spiro atoms. The average Bonchev–Trinajstić information content (AvgIpc) is 2.47. The Labute approximate surface area is 140 Å². The van der Waals surface area contributed by atoms with Crippen molar-refractivity contribution in [1.82, 2.24) is 10.2 Å². The van der Waals surface area contributed by atoms with Gasteiger partial charge in [0.25, 0.3) is 0 Å². The van der Waals surface area contributed by atoms with Crippen LogP contribution in [0.4, 0.5) is 9.18 Å². The van der Waals surface area contributed by atoms with Crippen LogP contribution in [0.3, 0.4) is 0 Å². The Bertz CT molecular complexity index is 593. The fourth-order valence-corrected chi connectivity index (χ4v) is 2.30. The van der Waals surface area contributed by atoms with Gasteiger partial charge in [-0.1, -0.05) is 44.5 Å². The summed E-state index contributed by atoms with van der Waals surface area (Å²) in [5.74, 6) is -2.13. The third kappa shape index (κ3) is 5.10. The molecule has 128 valence electrons. The summed E-state index contributed by atoms with van der Waals surface area (Å²) >= 11 is 5.79. The Morgan fingerprint density at radius 1 is 1.43 bits per heavy atom. The van der Waals surface area contributed by atoms with Crippen molar-refractivity contribution in [3.8, 4) is 0 Å². The SMILES string of the molecule is CC(CN(C)C(=O)NCC(C)(C)c1cccc(Cl)c1F)C(=O)O. The quantitative estimate of drug-likeness (QED) is 0.833. The van der Waals surface area contributed by atoms with Gasteiger partial charge in [-0.3, -0.25) is 4.79 Å². The first-order valence-corrected chi connectivity index (χ1v) is 7.60. The normalized spacial score (nSPS) is 12.6. The van der Waals surface area contributed by atoms with Crippen molar-refractivity contribution in [2.45, 2.75) is 26.2 Å². The topological polar surface area (TPSA) is 69.6 Å². The van der Waals surface area contributed by atoms with Crippen LogP contribution in [0.25, 0.3) is 0 Å².